The van der Waals surface area contributed by atoms with E-state index in [1.54, 1.807) is 12.1 Å². The average molecular weight is 535 g/mol. The van der Waals surface area contributed by atoms with E-state index in [1.165, 1.54) is 0 Å². The summed E-state index contributed by atoms with van der Waals surface area (Å²) in [6.45, 7) is 5.56. The van der Waals surface area contributed by atoms with Crippen LogP contribution in [0, 0.1) is 0 Å². The molecule has 0 saturated carbocycles. The predicted octanol–water partition coefficient (Wildman–Crippen LogP) is 5.41. The van der Waals surface area contributed by atoms with Gasteiger partial charge in [-0.25, -0.2) is 0 Å². The summed E-state index contributed by atoms with van der Waals surface area (Å²) in [4.78, 5) is 0. The maximum absolute atomic E-state index is 9.73. The van der Waals surface area contributed by atoms with Crippen LogP contribution >= 0.6 is 12.2 Å². The lowest BCUT2D eigenvalue weighted by molar-refractivity contribution is 0.299. The second-order valence-electron chi connectivity index (χ2n) is 9.88. The van der Waals surface area contributed by atoms with E-state index in [1.807, 2.05) is 36.4 Å². The predicted molar refractivity (Wildman–Crippen MR) is 149 cm³/mol. The Bertz CT molecular complexity index is 1210. The Balaban J connectivity index is 1.26. The number of benzene rings is 2. The molecule has 9 heteroatoms. The molecule has 8 nitrogen and oxygen atoms in total. The zero-order chi connectivity index (χ0) is 27.0. The molecule has 0 saturated heterocycles. The monoisotopic (exact) mass is 534 g/mol. The first-order valence-electron chi connectivity index (χ1n) is 12.8. The number of hydrogen-bond donors (Lipinski definition) is 4. The van der Waals surface area contributed by atoms with Crippen molar-refractivity contribution < 1.29 is 19.3 Å². The van der Waals surface area contributed by atoms with E-state index in [9.17, 15) is 10.2 Å². The Hall–Kier alpha value is -3.85. The summed E-state index contributed by atoms with van der Waals surface area (Å²) in [6, 6.07) is 23.3. The van der Waals surface area contributed by atoms with E-state index in [0.717, 1.165) is 36.8 Å². The van der Waals surface area contributed by atoms with Gasteiger partial charge in [0.2, 0.25) is 0 Å². The molecule has 2 unspecified atom stereocenters. The van der Waals surface area contributed by atoms with Gasteiger partial charge in [-0.15, -0.1) is 0 Å². The molecule has 0 aliphatic rings. The summed E-state index contributed by atoms with van der Waals surface area (Å²) in [5, 5.41) is 34.0. The van der Waals surface area contributed by atoms with Crippen molar-refractivity contribution in [3.05, 3.63) is 95.4 Å². The fraction of sp³-hybridized carbons (Fsp3) is 0.345. The molecule has 2 atom stereocenters. The number of aromatic hydroxyl groups is 2. The van der Waals surface area contributed by atoms with Gasteiger partial charge in [-0.3, -0.25) is 0 Å². The summed E-state index contributed by atoms with van der Waals surface area (Å²) in [7, 11) is 0. The van der Waals surface area contributed by atoms with Crippen LogP contribution in [-0.2, 0) is 10.8 Å². The number of aromatic nitrogens is 2. The lowest BCUT2D eigenvalue weighted by Gasteiger charge is -2.28. The zero-order valence-corrected chi connectivity index (χ0v) is 22.5. The Labute approximate surface area is 228 Å². The fourth-order valence-corrected chi connectivity index (χ4v) is 5.04. The van der Waals surface area contributed by atoms with Crippen LogP contribution in [-0.4, -0.2) is 38.7 Å². The molecule has 0 bridgehead atoms. The summed E-state index contributed by atoms with van der Waals surface area (Å²) < 4.78 is 10.9. The molecule has 38 heavy (non-hydrogen) atoms. The van der Waals surface area contributed by atoms with Gasteiger partial charge in [-0.2, -0.15) is 0 Å². The van der Waals surface area contributed by atoms with E-state index in [-0.39, 0.29) is 11.8 Å². The Morgan fingerprint density at radius 3 is 1.47 bits per heavy atom. The molecule has 0 spiro atoms. The molecular weight excluding hydrogens is 500 g/mol. The summed E-state index contributed by atoms with van der Waals surface area (Å²) in [6.07, 6.45) is 3.22. The van der Waals surface area contributed by atoms with Gasteiger partial charge >= 0.3 is 0 Å². The van der Waals surface area contributed by atoms with E-state index < -0.39 is 10.8 Å². The van der Waals surface area contributed by atoms with Gasteiger partial charge in [-0.05, 0) is 73.2 Å². The summed E-state index contributed by atoms with van der Waals surface area (Å²) in [5.41, 5.74) is 1.34. The van der Waals surface area contributed by atoms with Crippen LogP contribution in [0.3, 0.4) is 0 Å². The minimum absolute atomic E-state index is 0.117. The third-order valence-corrected chi connectivity index (χ3v) is 7.47. The SMILES string of the molecule is CC(CCCNC(=S)NCCCC(C)(c1ccccc1)c1cc(O)no1)(c1ccccc1)c1cc(O)no1. The highest BCUT2D eigenvalue weighted by atomic mass is 32.1. The lowest BCUT2D eigenvalue weighted by Crippen LogP contribution is -2.37. The molecule has 2 aromatic carbocycles. The van der Waals surface area contributed by atoms with Crippen molar-refractivity contribution in [2.24, 2.45) is 0 Å². The summed E-state index contributed by atoms with van der Waals surface area (Å²) >= 11 is 5.50. The second-order valence-corrected chi connectivity index (χ2v) is 10.3. The van der Waals surface area contributed by atoms with Crippen molar-refractivity contribution in [3.8, 4) is 11.8 Å². The van der Waals surface area contributed by atoms with Gasteiger partial charge in [0.15, 0.2) is 16.6 Å². The van der Waals surface area contributed by atoms with Gasteiger partial charge in [0, 0.05) is 25.2 Å². The van der Waals surface area contributed by atoms with Gasteiger partial charge in [0.05, 0.1) is 10.8 Å². The first-order valence-corrected chi connectivity index (χ1v) is 13.2. The van der Waals surface area contributed by atoms with Gasteiger partial charge in [0.25, 0.3) is 11.8 Å². The molecule has 2 aromatic heterocycles. The molecular formula is C29H34N4O4S. The number of thiocarbonyl (C=S) groups is 1. The standard InChI is InChI=1S/C29H34N4O4S/c1-28(21-11-5-3-6-12-21,23-19-25(34)32-36-23)15-9-17-30-27(38)31-18-10-16-29(2,22-13-7-4-8-14-22)24-20-26(35)33-37-24/h3-8,11-14,19-20H,9-10,15-18H2,1-2H3,(H,32,34)(H,33,35)(H2,30,31,38). The molecule has 4 N–H and O–H groups in total. The highest BCUT2D eigenvalue weighted by Crippen LogP contribution is 2.38. The zero-order valence-electron chi connectivity index (χ0n) is 21.7. The Kier molecular flexibility index (Phi) is 8.68. The van der Waals surface area contributed by atoms with Crippen molar-refractivity contribution in [3.63, 3.8) is 0 Å². The Morgan fingerprint density at radius 2 is 1.13 bits per heavy atom. The van der Waals surface area contributed by atoms with Crippen LogP contribution in [0.15, 0.2) is 81.8 Å². The lowest BCUT2D eigenvalue weighted by atomic mass is 9.76. The van der Waals surface area contributed by atoms with Crippen LogP contribution in [0.5, 0.6) is 11.8 Å². The van der Waals surface area contributed by atoms with Crippen molar-refractivity contribution in [1.82, 2.24) is 20.9 Å². The number of nitrogens with one attached hydrogen (secondary N) is 2. The largest absolute Gasteiger partial charge is 0.491 e. The fourth-order valence-electron chi connectivity index (χ4n) is 4.83. The second kappa shape index (κ2) is 12.1. The number of rotatable bonds is 12. The first-order chi connectivity index (χ1) is 18.3. The maximum Gasteiger partial charge on any atom is 0.251 e. The topological polar surface area (TPSA) is 117 Å². The van der Waals surface area contributed by atoms with Crippen molar-refractivity contribution >= 4 is 17.3 Å². The van der Waals surface area contributed by atoms with Gasteiger partial charge in [0.1, 0.15) is 0 Å². The van der Waals surface area contributed by atoms with Crippen molar-refractivity contribution in [2.75, 3.05) is 13.1 Å². The molecule has 0 amide bonds. The van der Waals surface area contributed by atoms with E-state index >= 15 is 0 Å². The quantitative estimate of drug-likeness (QED) is 0.140. The Morgan fingerprint density at radius 1 is 0.737 bits per heavy atom. The highest BCUT2D eigenvalue weighted by Gasteiger charge is 2.34. The maximum atomic E-state index is 9.73. The summed E-state index contributed by atoms with van der Waals surface area (Å²) in [5.74, 6) is 1.02. The average Bonchev–Trinajstić information content (AvgIpc) is 3.58. The van der Waals surface area contributed by atoms with Crippen LogP contribution in [0.25, 0.3) is 0 Å². The molecule has 0 aliphatic carbocycles. The molecule has 0 radical (unpaired) electrons. The molecule has 4 aromatic rings. The third-order valence-electron chi connectivity index (χ3n) is 7.18. The minimum Gasteiger partial charge on any atom is -0.491 e. The smallest absolute Gasteiger partial charge is 0.251 e. The molecule has 4 rings (SSSR count). The van der Waals surface area contributed by atoms with Crippen molar-refractivity contribution in [2.45, 2.75) is 50.4 Å². The van der Waals surface area contributed by atoms with Crippen LogP contribution < -0.4 is 10.6 Å². The first kappa shape index (κ1) is 27.2. The number of nitrogens with zero attached hydrogens (tertiary/aromatic N) is 2. The minimum atomic E-state index is -0.428. The molecule has 200 valence electrons. The molecule has 0 fully saturated rings. The molecule has 0 aliphatic heterocycles. The van der Waals surface area contributed by atoms with E-state index in [4.69, 9.17) is 21.3 Å². The van der Waals surface area contributed by atoms with Crippen LogP contribution in [0.2, 0.25) is 0 Å². The number of hydrogen-bond acceptors (Lipinski definition) is 7. The van der Waals surface area contributed by atoms with Crippen LogP contribution in [0.4, 0.5) is 0 Å². The van der Waals surface area contributed by atoms with Crippen LogP contribution in [0.1, 0.15) is 62.2 Å². The van der Waals surface area contributed by atoms with Crippen molar-refractivity contribution in [1.29, 1.82) is 0 Å². The third kappa shape index (κ3) is 6.34. The van der Waals surface area contributed by atoms with Gasteiger partial charge in [-0.1, -0.05) is 60.7 Å². The highest BCUT2D eigenvalue weighted by molar-refractivity contribution is 7.80. The van der Waals surface area contributed by atoms with E-state index in [0.29, 0.717) is 29.7 Å². The van der Waals surface area contributed by atoms with Gasteiger partial charge < -0.3 is 29.9 Å². The normalized spacial score (nSPS) is 14.4. The van der Waals surface area contributed by atoms with E-state index in [2.05, 4.69) is 59.1 Å². The molecule has 2 heterocycles.